The lowest BCUT2D eigenvalue weighted by Gasteiger charge is -2.10. The van der Waals surface area contributed by atoms with Gasteiger partial charge in [0.25, 0.3) is 0 Å². The van der Waals surface area contributed by atoms with Crippen molar-refractivity contribution in [3.05, 3.63) is 71.5 Å². The van der Waals surface area contributed by atoms with Crippen LogP contribution >= 0.6 is 0 Å². The van der Waals surface area contributed by atoms with Crippen LogP contribution in [-0.4, -0.2) is 26.1 Å². The third-order valence-electron chi connectivity index (χ3n) is 3.43. The van der Waals surface area contributed by atoms with Gasteiger partial charge in [0.15, 0.2) is 5.69 Å². The fourth-order valence-corrected chi connectivity index (χ4v) is 2.26. The smallest absolute Gasteiger partial charge is 0.358 e. The first-order valence-electron chi connectivity index (χ1n) is 7.08. The summed E-state index contributed by atoms with van der Waals surface area (Å²) in [6.45, 7) is 1.99. The monoisotopic (exact) mass is 309 g/mol. The number of rotatable bonds is 5. The molecule has 0 aliphatic rings. The Morgan fingerprint density at radius 2 is 1.83 bits per heavy atom. The maximum Gasteiger partial charge on any atom is 0.358 e. The van der Waals surface area contributed by atoms with Crippen molar-refractivity contribution >= 4 is 5.97 Å². The van der Waals surface area contributed by atoms with Crippen LogP contribution in [0.15, 0.2) is 54.6 Å². The van der Waals surface area contributed by atoms with Gasteiger partial charge in [-0.2, -0.15) is 0 Å². The van der Waals surface area contributed by atoms with Crippen LogP contribution in [0.5, 0.6) is 5.75 Å². The van der Waals surface area contributed by atoms with Crippen molar-refractivity contribution in [3.63, 3.8) is 0 Å². The molecule has 6 heteroatoms. The van der Waals surface area contributed by atoms with E-state index in [-0.39, 0.29) is 12.3 Å². The predicted octanol–water partition coefficient (Wildman–Crippen LogP) is 2.85. The number of nitrogens with zero attached hydrogens (tertiary/aromatic N) is 3. The van der Waals surface area contributed by atoms with Gasteiger partial charge in [0.05, 0.1) is 5.69 Å². The molecule has 1 heterocycles. The van der Waals surface area contributed by atoms with E-state index < -0.39 is 5.97 Å². The van der Waals surface area contributed by atoms with Crippen LogP contribution in [0.4, 0.5) is 0 Å². The number of benzene rings is 2. The highest BCUT2D eigenvalue weighted by molar-refractivity contribution is 5.86. The number of hydrogen-bond donors (Lipinski definition) is 1. The highest BCUT2D eigenvalue weighted by atomic mass is 16.5. The average molecular weight is 309 g/mol. The second-order valence-electron chi connectivity index (χ2n) is 4.99. The van der Waals surface area contributed by atoms with Gasteiger partial charge in [0.1, 0.15) is 18.1 Å². The zero-order chi connectivity index (χ0) is 16.2. The summed E-state index contributed by atoms with van der Waals surface area (Å²) in [6, 6.07) is 16.8. The van der Waals surface area contributed by atoms with Gasteiger partial charge in [0, 0.05) is 0 Å². The molecule has 3 aromatic rings. The van der Waals surface area contributed by atoms with E-state index in [9.17, 15) is 9.90 Å². The number of hydrogen-bond acceptors (Lipinski definition) is 4. The molecule has 1 aromatic heterocycles. The first-order chi connectivity index (χ1) is 11.2. The van der Waals surface area contributed by atoms with Gasteiger partial charge in [-0.25, -0.2) is 9.48 Å². The van der Waals surface area contributed by atoms with E-state index in [4.69, 9.17) is 4.74 Å². The van der Waals surface area contributed by atoms with Crippen molar-refractivity contribution in [2.45, 2.75) is 13.5 Å². The zero-order valence-corrected chi connectivity index (χ0v) is 12.5. The van der Waals surface area contributed by atoms with Crippen molar-refractivity contribution < 1.29 is 14.6 Å². The minimum absolute atomic E-state index is 0.0625. The van der Waals surface area contributed by atoms with Gasteiger partial charge in [-0.1, -0.05) is 41.6 Å². The van der Waals surface area contributed by atoms with Crippen LogP contribution in [-0.2, 0) is 6.61 Å². The van der Waals surface area contributed by atoms with Crippen molar-refractivity contribution in [1.29, 1.82) is 0 Å². The molecule has 3 rings (SSSR count). The second kappa shape index (κ2) is 6.31. The number of aromatic nitrogens is 3. The van der Waals surface area contributed by atoms with E-state index in [1.807, 2.05) is 61.5 Å². The number of para-hydroxylation sites is 2. The lowest BCUT2D eigenvalue weighted by molar-refractivity contribution is 0.0687. The summed E-state index contributed by atoms with van der Waals surface area (Å²) in [7, 11) is 0. The largest absolute Gasteiger partial charge is 0.487 e. The third-order valence-corrected chi connectivity index (χ3v) is 3.43. The Hall–Kier alpha value is -3.15. The molecule has 6 nitrogen and oxygen atoms in total. The van der Waals surface area contributed by atoms with Crippen molar-refractivity contribution in [3.8, 4) is 11.4 Å². The normalized spacial score (nSPS) is 10.5. The van der Waals surface area contributed by atoms with Crippen LogP contribution in [0.1, 0.15) is 21.7 Å². The van der Waals surface area contributed by atoms with Crippen molar-refractivity contribution in [1.82, 2.24) is 15.0 Å². The van der Waals surface area contributed by atoms with E-state index in [1.165, 1.54) is 4.68 Å². The third kappa shape index (κ3) is 3.06. The highest BCUT2D eigenvalue weighted by Crippen LogP contribution is 2.19. The summed E-state index contributed by atoms with van der Waals surface area (Å²) < 4.78 is 7.19. The first kappa shape index (κ1) is 14.8. The minimum atomic E-state index is -1.13. The predicted molar refractivity (Wildman–Crippen MR) is 83.8 cm³/mol. The average Bonchev–Trinajstić information content (AvgIpc) is 2.98. The molecule has 23 heavy (non-hydrogen) atoms. The molecule has 0 radical (unpaired) electrons. The highest BCUT2D eigenvalue weighted by Gasteiger charge is 2.21. The quantitative estimate of drug-likeness (QED) is 0.784. The molecule has 0 fully saturated rings. The molecule has 0 bridgehead atoms. The van der Waals surface area contributed by atoms with Gasteiger partial charge in [0.2, 0.25) is 0 Å². The number of ether oxygens (including phenoxy) is 1. The van der Waals surface area contributed by atoms with Gasteiger partial charge in [-0.3, -0.25) is 0 Å². The van der Waals surface area contributed by atoms with Gasteiger partial charge in [-0.05, 0) is 30.7 Å². The Morgan fingerprint density at radius 3 is 2.52 bits per heavy atom. The maximum absolute atomic E-state index is 11.4. The second-order valence-corrected chi connectivity index (χ2v) is 4.99. The summed E-state index contributed by atoms with van der Waals surface area (Å²) in [5.74, 6) is -0.474. The molecule has 0 aliphatic heterocycles. The van der Waals surface area contributed by atoms with Crippen LogP contribution in [0.2, 0.25) is 0 Å². The van der Waals surface area contributed by atoms with Crippen LogP contribution in [0, 0.1) is 6.92 Å². The summed E-state index contributed by atoms with van der Waals surface area (Å²) in [6.07, 6.45) is 0. The number of carboxylic acids is 1. The molecule has 2 aromatic carbocycles. The van der Waals surface area contributed by atoms with E-state index in [2.05, 4.69) is 10.3 Å². The summed E-state index contributed by atoms with van der Waals surface area (Å²) >= 11 is 0. The van der Waals surface area contributed by atoms with Gasteiger partial charge >= 0.3 is 5.97 Å². The summed E-state index contributed by atoms with van der Waals surface area (Å²) in [5, 5.41) is 17.1. The van der Waals surface area contributed by atoms with Gasteiger partial charge in [-0.15, -0.1) is 5.10 Å². The lowest BCUT2D eigenvalue weighted by atomic mass is 10.2. The Morgan fingerprint density at radius 1 is 1.13 bits per heavy atom. The molecule has 0 unspecified atom stereocenters. The molecule has 0 saturated carbocycles. The van der Waals surface area contributed by atoms with Crippen LogP contribution in [0.25, 0.3) is 5.69 Å². The zero-order valence-electron chi connectivity index (χ0n) is 12.5. The molecule has 1 N–H and O–H groups in total. The number of aromatic carboxylic acids is 1. The molecule has 0 spiro atoms. The fraction of sp³-hybridized carbons (Fsp3) is 0.118. The lowest BCUT2D eigenvalue weighted by Crippen LogP contribution is -2.11. The van der Waals surface area contributed by atoms with Crippen molar-refractivity contribution in [2.75, 3.05) is 0 Å². The van der Waals surface area contributed by atoms with E-state index in [1.54, 1.807) is 0 Å². The standard InChI is InChI=1S/C17H15N3O3/c1-12-7-5-6-10-14(12)20-15(16(17(21)22)18-19-20)11-23-13-8-3-2-4-9-13/h2-10H,11H2,1H3,(H,21,22). The van der Waals surface area contributed by atoms with E-state index in [0.717, 1.165) is 11.3 Å². The van der Waals surface area contributed by atoms with Gasteiger partial charge < -0.3 is 9.84 Å². The Balaban J connectivity index is 1.98. The molecule has 0 amide bonds. The Bertz CT molecular complexity index is 828. The Kier molecular flexibility index (Phi) is 4.05. The topological polar surface area (TPSA) is 77.2 Å². The molecule has 0 aliphatic carbocycles. The number of carbonyl (C=O) groups is 1. The Labute approximate surface area is 133 Å². The molecule has 0 saturated heterocycles. The molecular formula is C17H15N3O3. The fourth-order valence-electron chi connectivity index (χ4n) is 2.26. The SMILES string of the molecule is Cc1ccccc1-n1nnc(C(=O)O)c1COc1ccccc1. The van der Waals surface area contributed by atoms with E-state index in [0.29, 0.717) is 11.4 Å². The van der Waals surface area contributed by atoms with Crippen LogP contribution < -0.4 is 4.74 Å². The summed E-state index contributed by atoms with van der Waals surface area (Å²) in [5.41, 5.74) is 2.04. The van der Waals surface area contributed by atoms with E-state index >= 15 is 0 Å². The first-order valence-corrected chi connectivity index (χ1v) is 7.08. The number of aryl methyl sites for hydroxylation is 1. The van der Waals surface area contributed by atoms with Crippen LogP contribution in [0.3, 0.4) is 0 Å². The minimum Gasteiger partial charge on any atom is -0.487 e. The number of carboxylic acid groups (broad SMARTS) is 1. The summed E-state index contributed by atoms with van der Waals surface area (Å²) in [4.78, 5) is 11.4. The molecule has 116 valence electrons. The maximum atomic E-state index is 11.4. The molecule has 0 atom stereocenters. The molecular weight excluding hydrogens is 294 g/mol. The van der Waals surface area contributed by atoms with Crippen molar-refractivity contribution in [2.24, 2.45) is 0 Å².